The lowest BCUT2D eigenvalue weighted by Gasteiger charge is -2.53. The first-order valence-corrected chi connectivity index (χ1v) is 21.6. The molecule has 0 saturated carbocycles. The van der Waals surface area contributed by atoms with Gasteiger partial charge in [0.2, 0.25) is 5.79 Å². The van der Waals surface area contributed by atoms with Crippen LogP contribution in [0.1, 0.15) is 106 Å². The van der Waals surface area contributed by atoms with Crippen LogP contribution in [-0.4, -0.2) is 126 Å². The van der Waals surface area contributed by atoms with Crippen molar-refractivity contribution in [1.82, 2.24) is 0 Å². The van der Waals surface area contributed by atoms with E-state index in [4.69, 9.17) is 37.9 Å². The number of aliphatic hydroxyl groups excluding tert-OH is 2. The molecule has 16 heteroatoms. The quantitative estimate of drug-likeness (QED) is 0.0797. The molecule has 0 aliphatic carbocycles. The van der Waals surface area contributed by atoms with E-state index in [1.807, 2.05) is 13.0 Å². The largest absolute Gasteiger partial charge is 0.493 e. The number of hydrogen-bond acceptors (Lipinski definition) is 16. The van der Waals surface area contributed by atoms with Gasteiger partial charge in [0.15, 0.2) is 11.9 Å². The summed E-state index contributed by atoms with van der Waals surface area (Å²) in [5.41, 5.74) is -1.85. The van der Waals surface area contributed by atoms with Crippen LogP contribution in [-0.2, 0) is 57.1 Å². The predicted molar refractivity (Wildman–Crippen MR) is 228 cm³/mol. The van der Waals surface area contributed by atoms with Crippen molar-refractivity contribution < 1.29 is 77.5 Å². The van der Waals surface area contributed by atoms with Gasteiger partial charge in [0.1, 0.15) is 12.2 Å². The van der Waals surface area contributed by atoms with E-state index < -0.39 is 102 Å². The van der Waals surface area contributed by atoms with E-state index >= 15 is 0 Å². The highest BCUT2D eigenvalue weighted by atomic mass is 16.7. The number of unbranched alkanes of at least 4 members (excludes halogenated alkanes) is 1. The van der Waals surface area contributed by atoms with Crippen LogP contribution < -0.4 is 0 Å². The van der Waals surface area contributed by atoms with Crippen LogP contribution in [0.15, 0.2) is 72.1 Å². The van der Waals surface area contributed by atoms with Crippen molar-refractivity contribution in [2.45, 2.75) is 166 Å². The molecule has 352 valence electrons. The number of carbonyl (C=O) groups excluding carboxylic acids is 4. The zero-order valence-electron chi connectivity index (χ0n) is 37.9. The number of aliphatic hydroxyl groups is 4. The summed E-state index contributed by atoms with van der Waals surface area (Å²) >= 11 is 0. The molecule has 0 unspecified atom stereocenters. The second-order valence-corrected chi connectivity index (χ2v) is 18.0. The van der Waals surface area contributed by atoms with Gasteiger partial charge in [0, 0.05) is 62.7 Å². The number of allylic oxidation sites excluding steroid dienone is 3. The average Bonchev–Trinajstić information content (AvgIpc) is 3.19. The van der Waals surface area contributed by atoms with Crippen molar-refractivity contribution >= 4 is 23.9 Å². The Kier molecular flexibility index (Phi) is 18.1. The topological polar surface area (TPSA) is 223 Å². The van der Waals surface area contributed by atoms with Crippen LogP contribution in [0.25, 0.3) is 0 Å². The highest BCUT2D eigenvalue weighted by molar-refractivity contribution is 5.84. The van der Waals surface area contributed by atoms with Crippen molar-refractivity contribution in [2.75, 3.05) is 20.8 Å². The van der Waals surface area contributed by atoms with Gasteiger partial charge in [-0.15, -0.1) is 0 Å². The monoisotopic (exact) mass is 888 g/mol. The smallest absolute Gasteiger partial charge is 0.331 e. The second-order valence-electron chi connectivity index (χ2n) is 18.0. The molecular formula is C47H68O16. The Morgan fingerprint density at radius 3 is 2.22 bits per heavy atom. The molecule has 4 aliphatic rings. The van der Waals surface area contributed by atoms with E-state index in [0.29, 0.717) is 5.57 Å². The van der Waals surface area contributed by atoms with E-state index in [2.05, 4.69) is 6.58 Å². The van der Waals surface area contributed by atoms with Gasteiger partial charge < -0.3 is 58.3 Å². The second kappa shape index (κ2) is 22.2. The fourth-order valence-corrected chi connectivity index (χ4v) is 8.56. The van der Waals surface area contributed by atoms with Crippen molar-refractivity contribution in [3.63, 3.8) is 0 Å². The molecule has 0 aromatic heterocycles. The predicted octanol–water partition coefficient (Wildman–Crippen LogP) is 4.88. The fourth-order valence-electron chi connectivity index (χ4n) is 8.56. The molecular weight excluding hydrogens is 821 g/mol. The minimum Gasteiger partial charge on any atom is -0.493 e. The van der Waals surface area contributed by atoms with E-state index in [-0.39, 0.29) is 62.7 Å². The minimum absolute atomic E-state index is 0.0213. The molecule has 3 saturated heterocycles. The summed E-state index contributed by atoms with van der Waals surface area (Å²) in [7, 11) is 2.45. The SMILES string of the molecule is C=C1C[C@H](O)C[C@@H]2C[C@H](OC(C)=O)C(C)(C)[C@](O)(C[C@@H]3C/C(=C/C(=O)OC)C[C@H](/C=C/C(C)(C)[C@]4(O)O[C@@H](C/C(=C\C(=O)OC)[C@@H]4OC(=O)/C=C/C=C/CCC)C[C@H](CO)O1)O3)O2. The Bertz CT molecular complexity index is 1790. The number of esters is 4. The lowest BCUT2D eigenvalue weighted by Crippen LogP contribution is -2.62. The Morgan fingerprint density at radius 2 is 1.57 bits per heavy atom. The average molecular weight is 889 g/mol. The van der Waals surface area contributed by atoms with Gasteiger partial charge in [-0.2, -0.15) is 0 Å². The van der Waals surface area contributed by atoms with E-state index in [1.165, 1.54) is 39.4 Å². The number of fused-ring (bicyclic) bond motifs is 6. The fraction of sp³-hybridized carbons (Fsp3) is 0.660. The summed E-state index contributed by atoms with van der Waals surface area (Å²) in [6.45, 7) is 13.5. The number of ether oxygens (including phenoxy) is 8. The molecule has 0 amide bonds. The Morgan fingerprint density at radius 1 is 0.873 bits per heavy atom. The summed E-state index contributed by atoms with van der Waals surface area (Å²) < 4.78 is 47.2. The van der Waals surface area contributed by atoms with Crippen LogP contribution in [0.3, 0.4) is 0 Å². The summed E-state index contributed by atoms with van der Waals surface area (Å²) in [5, 5.41) is 47.3. The third-order valence-corrected chi connectivity index (χ3v) is 12.2. The van der Waals surface area contributed by atoms with Crippen LogP contribution in [0, 0.1) is 10.8 Å². The maximum Gasteiger partial charge on any atom is 0.331 e. The Balaban J connectivity index is 1.87. The molecule has 10 atom stereocenters. The van der Waals surface area contributed by atoms with Gasteiger partial charge >= 0.3 is 23.9 Å². The molecule has 4 heterocycles. The molecule has 0 aromatic rings. The van der Waals surface area contributed by atoms with Gasteiger partial charge in [0.05, 0.1) is 62.5 Å². The van der Waals surface area contributed by atoms with Crippen molar-refractivity contribution in [3.05, 3.63) is 72.1 Å². The lowest BCUT2D eigenvalue weighted by atomic mass is 9.70. The molecule has 0 aromatic carbocycles. The molecule has 4 rings (SSSR count). The normalized spacial score (nSPS) is 35.7. The van der Waals surface area contributed by atoms with Crippen LogP contribution >= 0.6 is 0 Å². The summed E-state index contributed by atoms with van der Waals surface area (Å²) in [6.07, 6.45) is 6.15. The first-order valence-electron chi connectivity index (χ1n) is 21.6. The third-order valence-electron chi connectivity index (χ3n) is 12.2. The van der Waals surface area contributed by atoms with Gasteiger partial charge in [-0.25, -0.2) is 14.4 Å². The summed E-state index contributed by atoms with van der Waals surface area (Å²) in [5.74, 6) is -7.03. The molecule has 0 radical (unpaired) electrons. The first-order chi connectivity index (χ1) is 29.6. The zero-order valence-corrected chi connectivity index (χ0v) is 37.9. The first kappa shape index (κ1) is 51.5. The van der Waals surface area contributed by atoms with Gasteiger partial charge in [-0.1, -0.05) is 83.6 Å². The molecule has 16 nitrogen and oxygen atoms in total. The maximum absolute atomic E-state index is 13.4. The minimum atomic E-state index is -2.39. The van der Waals surface area contributed by atoms with Crippen LogP contribution in [0.4, 0.5) is 0 Å². The van der Waals surface area contributed by atoms with Crippen molar-refractivity contribution in [1.29, 1.82) is 0 Å². The van der Waals surface area contributed by atoms with Crippen molar-refractivity contribution in [2.24, 2.45) is 10.8 Å². The summed E-state index contributed by atoms with van der Waals surface area (Å²) in [4.78, 5) is 51.2. The van der Waals surface area contributed by atoms with Gasteiger partial charge in [-0.05, 0) is 31.3 Å². The third kappa shape index (κ3) is 13.4. The highest BCUT2D eigenvalue weighted by Crippen LogP contribution is 2.50. The van der Waals surface area contributed by atoms with Crippen LogP contribution in [0.5, 0.6) is 0 Å². The molecule has 3 fully saturated rings. The number of carbonyl (C=O) groups is 4. The maximum atomic E-state index is 13.4. The molecule has 63 heavy (non-hydrogen) atoms. The molecule has 4 N–H and O–H groups in total. The lowest BCUT2D eigenvalue weighted by molar-refractivity contribution is -0.348. The zero-order chi connectivity index (χ0) is 46.8. The number of rotatable bonds is 9. The number of hydrogen-bond donors (Lipinski definition) is 4. The Hall–Kier alpha value is -4.16. The van der Waals surface area contributed by atoms with Gasteiger partial charge in [-0.3, -0.25) is 4.79 Å². The molecule has 0 spiro atoms. The van der Waals surface area contributed by atoms with Gasteiger partial charge in [0.25, 0.3) is 0 Å². The Labute approximate surface area is 370 Å². The standard InChI is InChI=1S/C47H68O16/c1-10-11-12-13-14-15-40(51)61-43-32(23-42(53)57-9)22-35-25-38(28-48)58-29(2)18-33(50)24-36-26-39(59-30(3)49)45(6,7)46(54,62-36)27-37-20-31(21-41(52)56-8)19-34(60-37)16-17-44(4,5)47(43,55)63-35/h12-17,21,23,33-39,43,48,50,54-55H,2,10-11,18-20,22,24-28H2,1,3-9H3/b13-12+,15-14+,17-16+,31-21+,32-23+/t33-,34-,35-,36+,37-,38+,39-,43-,46-,47+/m0/s1. The molecule has 4 aliphatic heterocycles. The van der Waals surface area contributed by atoms with Crippen LogP contribution in [0.2, 0.25) is 0 Å². The van der Waals surface area contributed by atoms with E-state index in [9.17, 15) is 39.6 Å². The summed E-state index contributed by atoms with van der Waals surface area (Å²) in [6, 6.07) is 0. The van der Waals surface area contributed by atoms with Crippen molar-refractivity contribution in [3.8, 4) is 0 Å². The van der Waals surface area contributed by atoms with E-state index in [0.717, 1.165) is 18.9 Å². The highest BCUT2D eigenvalue weighted by Gasteiger charge is 2.59. The number of methoxy groups -OCH3 is 2. The molecule has 6 bridgehead atoms. The van der Waals surface area contributed by atoms with E-state index in [1.54, 1.807) is 45.9 Å².